The summed E-state index contributed by atoms with van der Waals surface area (Å²) >= 11 is 0. The number of fused-ring (bicyclic) bond motifs is 1. The summed E-state index contributed by atoms with van der Waals surface area (Å²) in [6, 6.07) is 22.1. The Morgan fingerprint density at radius 3 is 2.37 bits per heavy atom. The molecule has 0 spiro atoms. The molecule has 2 heterocycles. The molecule has 0 aromatic heterocycles. The molecule has 43 heavy (non-hydrogen) atoms. The molecule has 2 fully saturated rings. The maximum atomic E-state index is 14.1. The predicted octanol–water partition coefficient (Wildman–Crippen LogP) is 2.48. The second-order valence-electron chi connectivity index (χ2n) is 10.8. The van der Waals surface area contributed by atoms with Crippen LogP contribution in [0.5, 0.6) is 5.75 Å². The maximum absolute atomic E-state index is 14.1. The molecule has 2 aliphatic heterocycles. The number of nitrogens with zero attached hydrogens (tertiary/aromatic N) is 4. The Hall–Kier alpha value is -4.96. The molecular formula is C33H35N5O5. The Kier molecular flexibility index (Phi) is 8.87. The fourth-order valence-electron chi connectivity index (χ4n) is 5.81. The smallest absolute Gasteiger partial charge is 0.248 e. The van der Waals surface area contributed by atoms with Gasteiger partial charge in [-0.25, -0.2) is 10.0 Å². The van der Waals surface area contributed by atoms with Crippen LogP contribution < -0.4 is 5.73 Å². The largest absolute Gasteiger partial charge is 0.508 e. The minimum atomic E-state index is -0.884. The first-order valence-corrected chi connectivity index (χ1v) is 14.2. The van der Waals surface area contributed by atoms with Gasteiger partial charge in [0.15, 0.2) is 0 Å². The predicted molar refractivity (Wildman–Crippen MR) is 160 cm³/mol. The number of hydrogen-bond acceptors (Lipinski definition) is 6. The number of aromatic hydroxyl groups is 1. The Balaban J connectivity index is 1.50. The van der Waals surface area contributed by atoms with Crippen LogP contribution in [0.2, 0.25) is 0 Å². The van der Waals surface area contributed by atoms with E-state index in [4.69, 9.17) is 5.73 Å². The number of hydrazine groups is 1. The summed E-state index contributed by atoms with van der Waals surface area (Å²) in [6.07, 6.45) is 1.84. The van der Waals surface area contributed by atoms with Crippen molar-refractivity contribution in [2.24, 2.45) is 5.73 Å². The number of primary amides is 1. The molecule has 10 nitrogen and oxygen atoms in total. The van der Waals surface area contributed by atoms with Crippen molar-refractivity contribution in [3.63, 3.8) is 0 Å². The number of aryl methyl sites for hydroxylation is 1. The molecule has 10 heteroatoms. The number of benzene rings is 3. The van der Waals surface area contributed by atoms with Crippen molar-refractivity contribution in [3.05, 3.63) is 114 Å². The van der Waals surface area contributed by atoms with E-state index in [0.717, 1.165) is 11.1 Å². The van der Waals surface area contributed by atoms with E-state index in [0.29, 0.717) is 17.5 Å². The van der Waals surface area contributed by atoms with Gasteiger partial charge >= 0.3 is 0 Å². The van der Waals surface area contributed by atoms with Gasteiger partial charge in [0.25, 0.3) is 0 Å². The second kappa shape index (κ2) is 12.9. The number of piperazine rings is 1. The molecule has 2 saturated heterocycles. The molecule has 3 aromatic rings. The normalized spacial score (nSPS) is 18.8. The summed E-state index contributed by atoms with van der Waals surface area (Å²) in [6.45, 7) is 4.29. The molecule has 4 amide bonds. The van der Waals surface area contributed by atoms with Gasteiger partial charge in [-0.1, -0.05) is 60.7 Å². The first-order chi connectivity index (χ1) is 20.7. The quantitative estimate of drug-likeness (QED) is 0.354. The number of rotatable bonds is 10. The van der Waals surface area contributed by atoms with E-state index >= 15 is 0 Å². The lowest BCUT2D eigenvalue weighted by molar-refractivity contribution is -0.205. The molecule has 5 rings (SSSR count). The fraction of sp³-hybridized carbons (Fsp3) is 0.273. The van der Waals surface area contributed by atoms with E-state index in [-0.39, 0.29) is 62.5 Å². The number of hydrogen-bond donors (Lipinski definition) is 2. The third-order valence-corrected chi connectivity index (χ3v) is 7.85. The summed E-state index contributed by atoms with van der Waals surface area (Å²) < 4.78 is 0. The van der Waals surface area contributed by atoms with E-state index in [1.165, 1.54) is 12.1 Å². The van der Waals surface area contributed by atoms with Gasteiger partial charge in [-0.15, -0.1) is 6.58 Å². The standard InChI is InChI=1S/C33H35N5O5/c1-2-17-36-22-31(41)37-28(19-24-11-14-27(39)15-12-24)33(43)35(20-25-9-6-10-26(18-25)32(34)42)21-29(37)38(36)30(40)16-13-23-7-4-3-5-8-23/h2-12,14-15,18,28-29,39H,1,13,16-17,19-22H2,(H2,34,42)/t28-,29-/m0/s1. The van der Waals surface area contributed by atoms with Gasteiger partial charge in [0.05, 0.1) is 13.1 Å². The number of phenols is 1. The topological polar surface area (TPSA) is 127 Å². The van der Waals surface area contributed by atoms with Crippen molar-refractivity contribution in [3.8, 4) is 5.75 Å². The van der Waals surface area contributed by atoms with Crippen molar-refractivity contribution in [2.45, 2.75) is 38.0 Å². The van der Waals surface area contributed by atoms with Gasteiger partial charge in [0.1, 0.15) is 18.0 Å². The van der Waals surface area contributed by atoms with Crippen molar-refractivity contribution < 1.29 is 24.3 Å². The average molecular weight is 582 g/mol. The van der Waals surface area contributed by atoms with Crippen LogP contribution >= 0.6 is 0 Å². The lowest BCUT2D eigenvalue weighted by atomic mass is 9.97. The molecule has 2 atom stereocenters. The third kappa shape index (κ3) is 6.60. The highest BCUT2D eigenvalue weighted by atomic mass is 16.3. The Morgan fingerprint density at radius 1 is 0.953 bits per heavy atom. The van der Waals surface area contributed by atoms with E-state index in [2.05, 4.69) is 6.58 Å². The van der Waals surface area contributed by atoms with Crippen LogP contribution in [-0.4, -0.2) is 80.4 Å². The summed E-state index contributed by atoms with van der Waals surface area (Å²) in [5, 5.41) is 13.1. The van der Waals surface area contributed by atoms with Crippen LogP contribution in [0, 0.1) is 0 Å². The van der Waals surface area contributed by atoms with Gasteiger partial charge in [-0.05, 0) is 47.4 Å². The molecule has 0 radical (unpaired) electrons. The van der Waals surface area contributed by atoms with E-state index in [9.17, 15) is 24.3 Å². The zero-order valence-corrected chi connectivity index (χ0v) is 23.8. The number of amides is 4. The summed E-state index contributed by atoms with van der Waals surface area (Å²) in [7, 11) is 0. The number of phenolic OH excluding ortho intramolecular Hbond substituents is 1. The minimum Gasteiger partial charge on any atom is -0.508 e. The molecule has 0 unspecified atom stereocenters. The van der Waals surface area contributed by atoms with Crippen molar-refractivity contribution in [1.82, 2.24) is 19.8 Å². The van der Waals surface area contributed by atoms with E-state index in [1.54, 1.807) is 62.3 Å². The van der Waals surface area contributed by atoms with Crippen LogP contribution in [0.25, 0.3) is 0 Å². The van der Waals surface area contributed by atoms with E-state index in [1.807, 2.05) is 30.3 Å². The highest BCUT2D eigenvalue weighted by Gasteiger charge is 2.50. The number of nitrogens with two attached hydrogens (primary N) is 1. The molecule has 3 aromatic carbocycles. The van der Waals surface area contributed by atoms with Gasteiger partial charge in [-0.3, -0.25) is 19.2 Å². The number of carbonyl (C=O) groups excluding carboxylic acids is 4. The molecule has 222 valence electrons. The van der Waals surface area contributed by atoms with Gasteiger partial charge < -0.3 is 20.6 Å². The first-order valence-electron chi connectivity index (χ1n) is 14.2. The Morgan fingerprint density at radius 2 is 1.67 bits per heavy atom. The van der Waals surface area contributed by atoms with Crippen LogP contribution in [0.3, 0.4) is 0 Å². The van der Waals surface area contributed by atoms with Crippen molar-refractivity contribution in [2.75, 3.05) is 19.6 Å². The van der Waals surface area contributed by atoms with Crippen LogP contribution in [0.4, 0.5) is 0 Å². The fourth-order valence-corrected chi connectivity index (χ4v) is 5.81. The summed E-state index contributed by atoms with van der Waals surface area (Å²) in [5.41, 5.74) is 8.30. The molecule has 0 bridgehead atoms. The van der Waals surface area contributed by atoms with Gasteiger partial charge in [-0.2, -0.15) is 0 Å². The highest BCUT2D eigenvalue weighted by Crippen LogP contribution is 2.30. The van der Waals surface area contributed by atoms with Crippen molar-refractivity contribution >= 4 is 23.6 Å². The molecular weight excluding hydrogens is 546 g/mol. The van der Waals surface area contributed by atoms with Crippen LogP contribution in [-0.2, 0) is 33.8 Å². The average Bonchev–Trinajstić information content (AvgIpc) is 3.00. The Bertz CT molecular complexity index is 1510. The lowest BCUT2D eigenvalue weighted by Crippen LogP contribution is -2.75. The Labute approximate surface area is 250 Å². The second-order valence-corrected chi connectivity index (χ2v) is 10.8. The monoisotopic (exact) mass is 581 g/mol. The van der Waals surface area contributed by atoms with E-state index < -0.39 is 18.1 Å². The SMILES string of the molecule is C=CCN1CC(=O)N2[C@@H](Cc3ccc(O)cc3)C(=O)N(Cc3cccc(C(N)=O)c3)C[C@@H]2N1C(=O)CCc1ccccc1. The zero-order valence-electron chi connectivity index (χ0n) is 23.8. The lowest BCUT2D eigenvalue weighted by Gasteiger charge is -2.55. The molecule has 2 aliphatic rings. The minimum absolute atomic E-state index is 0.0698. The zero-order chi connectivity index (χ0) is 30.5. The van der Waals surface area contributed by atoms with Gasteiger partial charge in [0, 0.05) is 31.5 Å². The third-order valence-electron chi connectivity index (χ3n) is 7.85. The number of carbonyl (C=O) groups is 4. The van der Waals surface area contributed by atoms with Crippen LogP contribution in [0.15, 0.2) is 91.5 Å². The maximum Gasteiger partial charge on any atom is 0.248 e. The summed E-state index contributed by atoms with van der Waals surface area (Å²) in [5.74, 6) is -1.17. The highest BCUT2D eigenvalue weighted by molar-refractivity contribution is 5.93. The van der Waals surface area contributed by atoms with Crippen LogP contribution in [0.1, 0.15) is 33.5 Å². The van der Waals surface area contributed by atoms with Gasteiger partial charge in [0.2, 0.25) is 23.6 Å². The first kappa shape index (κ1) is 29.5. The molecule has 0 aliphatic carbocycles. The molecule has 0 saturated carbocycles. The van der Waals surface area contributed by atoms with Crippen molar-refractivity contribution in [1.29, 1.82) is 0 Å². The summed E-state index contributed by atoms with van der Waals surface area (Å²) in [4.78, 5) is 56.7. The molecule has 3 N–H and O–H groups in total.